The van der Waals surface area contributed by atoms with Crippen LogP contribution in [-0.4, -0.2) is 49.5 Å². The topological polar surface area (TPSA) is 41.9 Å². The molecule has 2 aromatic rings. The molecular weight excluding hydrogens is 465 g/mol. The first kappa shape index (κ1) is 25.6. The molecule has 2 atom stereocenters. The van der Waals surface area contributed by atoms with E-state index in [-0.39, 0.29) is 18.2 Å². The summed E-state index contributed by atoms with van der Waals surface area (Å²) >= 11 is 0. The van der Waals surface area contributed by atoms with E-state index in [0.717, 1.165) is 68.8 Å². The molecule has 1 fully saturated rings. The van der Waals surface area contributed by atoms with Gasteiger partial charge in [0, 0.05) is 31.5 Å². The van der Waals surface area contributed by atoms with Crippen molar-refractivity contribution in [2.75, 3.05) is 33.4 Å². The van der Waals surface area contributed by atoms with Crippen LogP contribution in [0.2, 0.25) is 0 Å². The van der Waals surface area contributed by atoms with E-state index < -0.39 is 0 Å². The second-order valence-corrected chi connectivity index (χ2v) is 10.7. The molecular formula is C32H38FNO3. The van der Waals surface area contributed by atoms with Crippen molar-refractivity contribution < 1.29 is 19.0 Å². The highest BCUT2D eigenvalue weighted by molar-refractivity contribution is 5.85. The molecule has 0 saturated carbocycles. The van der Waals surface area contributed by atoms with Crippen LogP contribution in [0.15, 0.2) is 72.0 Å². The summed E-state index contributed by atoms with van der Waals surface area (Å²) in [6.45, 7) is 4.67. The molecule has 4 nitrogen and oxygen atoms in total. The van der Waals surface area contributed by atoms with E-state index in [1.165, 1.54) is 22.3 Å². The Kier molecular flexibility index (Phi) is 7.71. The molecule has 196 valence electrons. The summed E-state index contributed by atoms with van der Waals surface area (Å²) in [6.07, 6.45) is 12.0. The van der Waals surface area contributed by atoms with E-state index in [2.05, 4.69) is 60.4 Å². The van der Waals surface area contributed by atoms with Crippen LogP contribution in [0.5, 0.6) is 11.5 Å². The normalized spacial score (nSPS) is 24.0. The Morgan fingerprint density at radius 2 is 1.97 bits per heavy atom. The highest BCUT2D eigenvalue weighted by atomic mass is 19.1. The largest absolute Gasteiger partial charge is 0.508 e. The molecule has 0 spiro atoms. The summed E-state index contributed by atoms with van der Waals surface area (Å²) in [4.78, 5) is 2.29. The number of hydrogen-bond donors (Lipinski definition) is 1. The van der Waals surface area contributed by atoms with E-state index in [1.54, 1.807) is 13.2 Å². The first-order chi connectivity index (χ1) is 18.0. The molecule has 0 amide bonds. The number of fused-ring (bicyclic) bond motifs is 1. The summed E-state index contributed by atoms with van der Waals surface area (Å²) in [5.74, 6) is 2.18. The number of phenolic OH excluding ortho intramolecular Hbond substituents is 1. The third kappa shape index (κ3) is 5.62. The fraction of sp³-hybridized carbons (Fsp3) is 0.438. The Morgan fingerprint density at radius 3 is 2.76 bits per heavy atom. The minimum Gasteiger partial charge on any atom is -0.508 e. The molecule has 37 heavy (non-hydrogen) atoms. The summed E-state index contributed by atoms with van der Waals surface area (Å²) < 4.78 is 24.5. The molecule has 2 aliphatic carbocycles. The molecule has 0 aromatic heterocycles. The van der Waals surface area contributed by atoms with Crippen molar-refractivity contribution in [3.63, 3.8) is 0 Å². The molecule has 2 aromatic carbocycles. The van der Waals surface area contributed by atoms with E-state index >= 15 is 0 Å². The van der Waals surface area contributed by atoms with Gasteiger partial charge in [0.2, 0.25) is 0 Å². The Labute approximate surface area is 220 Å². The number of rotatable bonds is 8. The lowest BCUT2D eigenvalue weighted by molar-refractivity contribution is 0.198. The molecule has 1 heterocycles. The van der Waals surface area contributed by atoms with Crippen molar-refractivity contribution >= 4 is 5.57 Å². The quantitative estimate of drug-likeness (QED) is 0.428. The highest BCUT2D eigenvalue weighted by Gasteiger charge is 2.34. The van der Waals surface area contributed by atoms with Gasteiger partial charge in [-0.3, -0.25) is 9.29 Å². The third-order valence-corrected chi connectivity index (χ3v) is 8.05. The predicted octanol–water partition coefficient (Wildman–Crippen LogP) is 6.84. The Morgan fingerprint density at radius 1 is 1.14 bits per heavy atom. The standard InChI is InChI=1S/C32H38FNO3/c1-32(16-4-7-27(21-32)36-2)30-8-3-6-24-20-25(35)11-14-29(24)31(30)23-9-12-26(13-10-23)37-28-15-19-34(22-28)18-5-17-33/h4,7,9-14,16,20,28,35H,3,5-6,8,15,17-19,21-22H2,1-2H3. The lowest BCUT2D eigenvalue weighted by Crippen LogP contribution is -2.26. The molecule has 5 heteroatoms. The van der Waals surface area contributed by atoms with Crippen LogP contribution in [0.3, 0.4) is 0 Å². The number of aromatic hydroxyl groups is 1. The highest BCUT2D eigenvalue weighted by Crippen LogP contribution is 2.48. The first-order valence-corrected chi connectivity index (χ1v) is 13.5. The third-order valence-electron chi connectivity index (χ3n) is 8.05. The molecule has 1 N–H and O–H groups in total. The van der Waals surface area contributed by atoms with Crippen molar-refractivity contribution in [2.24, 2.45) is 5.41 Å². The second kappa shape index (κ2) is 11.1. The zero-order valence-corrected chi connectivity index (χ0v) is 22.0. The number of methoxy groups -OCH3 is 1. The molecule has 2 unspecified atom stereocenters. The average Bonchev–Trinajstić information content (AvgIpc) is 3.26. The number of allylic oxidation sites excluding steroid dienone is 5. The summed E-state index contributed by atoms with van der Waals surface area (Å²) in [7, 11) is 1.75. The Bertz CT molecular complexity index is 1200. The fourth-order valence-corrected chi connectivity index (χ4v) is 6.14. The van der Waals surface area contributed by atoms with Crippen molar-refractivity contribution in [3.8, 4) is 11.5 Å². The van der Waals surface area contributed by atoms with Crippen LogP contribution in [0, 0.1) is 5.41 Å². The van der Waals surface area contributed by atoms with Gasteiger partial charge >= 0.3 is 0 Å². The van der Waals surface area contributed by atoms with Crippen LogP contribution >= 0.6 is 0 Å². The molecule has 0 bridgehead atoms. The van der Waals surface area contributed by atoms with Crippen molar-refractivity contribution in [1.29, 1.82) is 0 Å². The van der Waals surface area contributed by atoms with E-state index in [9.17, 15) is 9.50 Å². The number of nitrogens with zero attached hydrogens (tertiary/aromatic N) is 1. The molecule has 0 radical (unpaired) electrons. The number of likely N-dealkylation sites (tertiary alicyclic amines) is 1. The van der Waals surface area contributed by atoms with Crippen molar-refractivity contribution in [3.05, 3.63) is 88.7 Å². The van der Waals surface area contributed by atoms with Crippen molar-refractivity contribution in [1.82, 2.24) is 4.90 Å². The molecule has 3 aliphatic rings. The van der Waals surface area contributed by atoms with Gasteiger partial charge in [-0.2, -0.15) is 0 Å². The Balaban J connectivity index is 1.47. The van der Waals surface area contributed by atoms with Gasteiger partial charge < -0.3 is 14.6 Å². The van der Waals surface area contributed by atoms with E-state index in [1.807, 2.05) is 6.07 Å². The van der Waals surface area contributed by atoms with Crippen LogP contribution in [0.4, 0.5) is 4.39 Å². The maximum absolute atomic E-state index is 12.5. The number of halogens is 1. The van der Waals surface area contributed by atoms with E-state index in [4.69, 9.17) is 9.47 Å². The zero-order valence-electron chi connectivity index (χ0n) is 22.0. The number of hydrogen-bond acceptors (Lipinski definition) is 4. The van der Waals surface area contributed by atoms with Gasteiger partial charge in [-0.15, -0.1) is 0 Å². The second-order valence-electron chi connectivity index (χ2n) is 10.7. The van der Waals surface area contributed by atoms with Gasteiger partial charge in [0.25, 0.3) is 0 Å². The minimum atomic E-state index is -0.262. The van der Waals surface area contributed by atoms with Crippen LogP contribution < -0.4 is 4.74 Å². The average molecular weight is 504 g/mol. The predicted molar refractivity (Wildman–Crippen MR) is 147 cm³/mol. The van der Waals surface area contributed by atoms with Crippen molar-refractivity contribution in [2.45, 2.75) is 51.6 Å². The number of phenols is 1. The lowest BCUT2D eigenvalue weighted by atomic mass is 9.71. The SMILES string of the molecule is COC1=CC=CC(C)(C2=C(c3ccc(OC4CCN(CCCF)C4)cc3)c3ccc(O)cc3CCC2)C1. The maximum atomic E-state index is 12.5. The summed E-state index contributed by atoms with van der Waals surface area (Å²) in [5.41, 5.74) is 6.05. The summed E-state index contributed by atoms with van der Waals surface area (Å²) in [6, 6.07) is 14.3. The van der Waals surface area contributed by atoms with Gasteiger partial charge in [-0.25, -0.2) is 0 Å². The fourth-order valence-electron chi connectivity index (χ4n) is 6.14. The molecule has 1 aliphatic heterocycles. The van der Waals surface area contributed by atoms with Crippen LogP contribution in [0.1, 0.15) is 55.7 Å². The van der Waals surface area contributed by atoms with Gasteiger partial charge in [0.05, 0.1) is 19.5 Å². The van der Waals surface area contributed by atoms with Gasteiger partial charge in [0.15, 0.2) is 0 Å². The monoisotopic (exact) mass is 503 g/mol. The molecule has 1 saturated heterocycles. The van der Waals surface area contributed by atoms with Gasteiger partial charge in [0.1, 0.15) is 17.6 Å². The number of benzene rings is 2. The lowest BCUT2D eigenvalue weighted by Gasteiger charge is -2.34. The zero-order chi connectivity index (χ0) is 25.8. The van der Waals surface area contributed by atoms with E-state index in [0.29, 0.717) is 12.2 Å². The summed E-state index contributed by atoms with van der Waals surface area (Å²) in [5, 5.41) is 10.2. The first-order valence-electron chi connectivity index (χ1n) is 13.5. The van der Waals surface area contributed by atoms with Crippen LogP contribution in [-0.2, 0) is 11.2 Å². The van der Waals surface area contributed by atoms with Gasteiger partial charge in [-0.1, -0.05) is 42.8 Å². The van der Waals surface area contributed by atoms with Gasteiger partial charge in [-0.05, 0) is 84.7 Å². The number of aryl methyl sites for hydroxylation is 1. The molecule has 5 rings (SSSR count). The number of alkyl halides is 1. The Hall–Kier alpha value is -3.05. The smallest absolute Gasteiger partial charge is 0.119 e. The number of ether oxygens (including phenoxy) is 2. The van der Waals surface area contributed by atoms with Crippen LogP contribution in [0.25, 0.3) is 5.57 Å². The minimum absolute atomic E-state index is 0.146. The maximum Gasteiger partial charge on any atom is 0.119 e.